The van der Waals surface area contributed by atoms with Gasteiger partial charge < -0.3 is 20.7 Å². The number of hydrogen-bond acceptors (Lipinski definition) is 8. The van der Waals surface area contributed by atoms with Gasteiger partial charge in [-0.05, 0) is 19.9 Å². The zero-order valence-corrected chi connectivity index (χ0v) is 21.2. The Bertz CT molecular complexity index is 1260. The number of aliphatic imine (C=N–C) groups is 1. The van der Waals surface area contributed by atoms with Gasteiger partial charge in [0.1, 0.15) is 10.4 Å². The van der Waals surface area contributed by atoms with Gasteiger partial charge >= 0.3 is 0 Å². The lowest BCUT2D eigenvalue weighted by Crippen LogP contribution is -2.56. The van der Waals surface area contributed by atoms with Crippen molar-refractivity contribution in [3.63, 3.8) is 0 Å². The van der Waals surface area contributed by atoms with Crippen molar-refractivity contribution in [1.29, 1.82) is 0 Å². The van der Waals surface area contributed by atoms with Crippen LogP contribution in [0.5, 0.6) is 5.88 Å². The standard InChI is InChI=1S/C24H26F2N6O3S/c1-7-8-35-18-12-28-17(11-29-18)20(33)30-14-9-15(19(26)16(25)10-14)23(3)13(2)24(4,21(34)32(5)6)36-22(27)31-23/h1,9-13H,8H2,2-6H3,(H2,27,31)(H,30,33)/t13-,23-,24-/m0/s1. The Hall–Kier alpha value is -3.72. The molecule has 0 bridgehead atoms. The molecule has 36 heavy (non-hydrogen) atoms. The number of rotatable bonds is 6. The number of aromatic nitrogens is 2. The Balaban J connectivity index is 1.98. The van der Waals surface area contributed by atoms with Crippen LogP contribution in [-0.4, -0.2) is 57.3 Å². The molecule has 2 aromatic rings. The van der Waals surface area contributed by atoms with E-state index in [2.05, 4.69) is 26.2 Å². The third kappa shape index (κ3) is 4.97. The number of amides is 2. The van der Waals surface area contributed by atoms with Gasteiger partial charge in [-0.25, -0.2) is 18.7 Å². The number of nitrogens with two attached hydrogens (primary N) is 1. The van der Waals surface area contributed by atoms with Crippen LogP contribution in [0.1, 0.15) is 36.8 Å². The van der Waals surface area contributed by atoms with E-state index in [4.69, 9.17) is 16.9 Å². The molecule has 0 saturated heterocycles. The average molecular weight is 517 g/mol. The van der Waals surface area contributed by atoms with Crippen molar-refractivity contribution >= 4 is 34.4 Å². The molecule has 3 rings (SSSR count). The van der Waals surface area contributed by atoms with Crippen molar-refractivity contribution in [3.8, 4) is 18.2 Å². The number of nitrogens with zero attached hydrogens (tertiary/aromatic N) is 4. The number of carbonyl (C=O) groups is 2. The molecule has 0 spiro atoms. The zero-order valence-electron chi connectivity index (χ0n) is 20.4. The number of nitrogens with one attached hydrogen (secondary N) is 1. The molecule has 0 unspecified atom stereocenters. The van der Waals surface area contributed by atoms with Crippen molar-refractivity contribution in [1.82, 2.24) is 14.9 Å². The Morgan fingerprint density at radius 2 is 1.97 bits per heavy atom. The Labute approximate surface area is 211 Å². The third-order valence-electron chi connectivity index (χ3n) is 6.15. The maximum absolute atomic E-state index is 15.2. The van der Waals surface area contributed by atoms with E-state index in [1.165, 1.54) is 17.2 Å². The SMILES string of the molecule is C#CCOc1cnc(C(=O)Nc2cc(F)c(F)c([C@@]3(C)N=C(N)S[C@](C)(C(=O)N(C)C)[C@H]3C)c2)cn1. The first-order valence-electron chi connectivity index (χ1n) is 10.8. The summed E-state index contributed by atoms with van der Waals surface area (Å²) < 4.78 is 33.9. The van der Waals surface area contributed by atoms with Crippen LogP contribution in [0.15, 0.2) is 29.5 Å². The molecule has 2 heterocycles. The molecule has 3 atom stereocenters. The van der Waals surface area contributed by atoms with Gasteiger partial charge in [-0.3, -0.25) is 14.6 Å². The molecule has 0 radical (unpaired) electrons. The Morgan fingerprint density at radius 3 is 2.56 bits per heavy atom. The van der Waals surface area contributed by atoms with Crippen molar-refractivity contribution in [2.24, 2.45) is 16.6 Å². The Kier molecular flexibility index (Phi) is 7.54. The fourth-order valence-corrected chi connectivity index (χ4v) is 5.35. The number of carbonyl (C=O) groups excluding carboxylic acids is 2. The van der Waals surface area contributed by atoms with Crippen LogP contribution < -0.4 is 15.8 Å². The molecule has 1 aromatic carbocycles. The first kappa shape index (κ1) is 26.9. The predicted octanol–water partition coefficient (Wildman–Crippen LogP) is 2.78. The quantitative estimate of drug-likeness (QED) is 0.566. The number of terminal acetylenes is 1. The van der Waals surface area contributed by atoms with E-state index >= 15 is 4.39 Å². The van der Waals surface area contributed by atoms with Crippen LogP contribution in [0.4, 0.5) is 14.5 Å². The summed E-state index contributed by atoms with van der Waals surface area (Å²) in [7, 11) is 3.21. The summed E-state index contributed by atoms with van der Waals surface area (Å²) in [6.45, 7) is 4.99. The van der Waals surface area contributed by atoms with Gasteiger partial charge in [-0.15, -0.1) is 6.42 Å². The molecular formula is C24H26F2N6O3S. The second-order valence-corrected chi connectivity index (χ2v) is 10.2. The molecular weight excluding hydrogens is 490 g/mol. The maximum Gasteiger partial charge on any atom is 0.275 e. The number of halogens is 2. The molecule has 0 fully saturated rings. The highest BCUT2D eigenvalue weighted by Crippen LogP contribution is 2.51. The summed E-state index contributed by atoms with van der Waals surface area (Å²) >= 11 is 1.07. The van der Waals surface area contributed by atoms with Crippen molar-refractivity contribution < 1.29 is 23.1 Å². The smallest absolute Gasteiger partial charge is 0.275 e. The summed E-state index contributed by atoms with van der Waals surface area (Å²) in [6, 6.07) is 2.12. The summed E-state index contributed by atoms with van der Waals surface area (Å²) in [5.74, 6) is -1.52. The largest absolute Gasteiger partial charge is 0.463 e. The first-order chi connectivity index (χ1) is 16.8. The lowest BCUT2D eigenvalue weighted by Gasteiger charge is -2.47. The number of ether oxygens (including phenoxy) is 1. The van der Waals surface area contributed by atoms with Crippen LogP contribution in [0.3, 0.4) is 0 Å². The van der Waals surface area contributed by atoms with Crippen molar-refractivity contribution in [2.45, 2.75) is 31.1 Å². The van der Waals surface area contributed by atoms with E-state index in [-0.39, 0.29) is 40.5 Å². The molecule has 9 nitrogen and oxygen atoms in total. The van der Waals surface area contributed by atoms with Crippen LogP contribution >= 0.6 is 11.8 Å². The van der Waals surface area contributed by atoms with E-state index in [1.807, 2.05) is 0 Å². The third-order valence-corrected chi connectivity index (χ3v) is 7.41. The maximum atomic E-state index is 15.2. The van der Waals surface area contributed by atoms with Crippen LogP contribution in [0, 0.1) is 29.9 Å². The van der Waals surface area contributed by atoms with E-state index in [9.17, 15) is 14.0 Å². The van der Waals surface area contributed by atoms with Crippen LogP contribution in [0.25, 0.3) is 0 Å². The average Bonchev–Trinajstić information content (AvgIpc) is 2.82. The van der Waals surface area contributed by atoms with Gasteiger partial charge in [0.05, 0.1) is 17.9 Å². The fourth-order valence-electron chi connectivity index (χ4n) is 4.01. The van der Waals surface area contributed by atoms with Crippen LogP contribution in [0.2, 0.25) is 0 Å². The van der Waals surface area contributed by atoms with Crippen molar-refractivity contribution in [3.05, 3.63) is 47.4 Å². The summed E-state index contributed by atoms with van der Waals surface area (Å²) in [4.78, 5) is 39.5. The second-order valence-electron chi connectivity index (χ2n) is 8.73. The molecule has 1 aliphatic rings. The van der Waals surface area contributed by atoms with Gasteiger partial charge in [-0.2, -0.15) is 0 Å². The summed E-state index contributed by atoms with van der Waals surface area (Å²) in [5.41, 5.74) is 4.37. The van der Waals surface area contributed by atoms with E-state index < -0.39 is 33.7 Å². The van der Waals surface area contributed by atoms with Gasteiger partial charge in [0.2, 0.25) is 11.8 Å². The van der Waals surface area contributed by atoms with Gasteiger partial charge in [-0.1, -0.05) is 24.6 Å². The zero-order chi connectivity index (χ0) is 26.8. The number of thioether (sulfide) groups is 1. The monoisotopic (exact) mass is 516 g/mol. The molecule has 190 valence electrons. The minimum atomic E-state index is -1.42. The normalized spacial score (nSPS) is 23.3. The van der Waals surface area contributed by atoms with Gasteiger partial charge in [0, 0.05) is 37.3 Å². The molecule has 3 N–H and O–H groups in total. The first-order valence-corrected chi connectivity index (χ1v) is 11.6. The molecule has 1 aliphatic heterocycles. The van der Waals surface area contributed by atoms with Gasteiger partial charge in [0.25, 0.3) is 5.91 Å². The number of amidine groups is 1. The molecule has 1 aromatic heterocycles. The molecule has 0 saturated carbocycles. The van der Waals surface area contributed by atoms with Crippen LogP contribution in [-0.2, 0) is 10.3 Å². The predicted molar refractivity (Wildman–Crippen MR) is 133 cm³/mol. The molecule has 2 amide bonds. The van der Waals surface area contributed by atoms with E-state index in [0.717, 1.165) is 24.0 Å². The van der Waals surface area contributed by atoms with E-state index in [1.54, 1.807) is 34.9 Å². The number of hydrogen-bond donors (Lipinski definition) is 2. The van der Waals surface area contributed by atoms with Crippen molar-refractivity contribution in [2.75, 3.05) is 26.0 Å². The molecule has 12 heteroatoms. The second kappa shape index (κ2) is 10.1. The lowest BCUT2D eigenvalue weighted by atomic mass is 9.73. The number of benzene rings is 1. The topological polar surface area (TPSA) is 123 Å². The highest BCUT2D eigenvalue weighted by Gasteiger charge is 2.54. The molecule has 0 aliphatic carbocycles. The highest BCUT2D eigenvalue weighted by atomic mass is 32.2. The highest BCUT2D eigenvalue weighted by molar-refractivity contribution is 8.15. The summed E-state index contributed by atoms with van der Waals surface area (Å²) in [5, 5.41) is 2.55. The van der Waals surface area contributed by atoms with Gasteiger partial charge in [0.15, 0.2) is 23.4 Å². The minimum absolute atomic E-state index is 0.0142. The Morgan fingerprint density at radius 1 is 1.28 bits per heavy atom. The lowest BCUT2D eigenvalue weighted by molar-refractivity contribution is -0.132. The fraction of sp³-hybridized carbons (Fsp3) is 0.375. The number of anilines is 1. The van der Waals surface area contributed by atoms with E-state index in [0.29, 0.717) is 0 Å². The minimum Gasteiger partial charge on any atom is -0.463 e. The summed E-state index contributed by atoms with van der Waals surface area (Å²) in [6.07, 6.45) is 7.49.